The number of aryl methyl sites for hydroxylation is 1. The van der Waals surface area contributed by atoms with Gasteiger partial charge in [-0.1, -0.05) is 11.6 Å². The highest BCUT2D eigenvalue weighted by molar-refractivity contribution is 7.07. The molecule has 0 saturated heterocycles. The fourth-order valence-electron chi connectivity index (χ4n) is 2.62. The quantitative estimate of drug-likeness (QED) is 0.744. The van der Waals surface area contributed by atoms with Gasteiger partial charge in [-0.05, 0) is 41.4 Å². The van der Waals surface area contributed by atoms with Crippen molar-refractivity contribution in [3.05, 3.63) is 67.2 Å². The van der Waals surface area contributed by atoms with Crippen molar-refractivity contribution in [1.82, 2.24) is 0 Å². The summed E-state index contributed by atoms with van der Waals surface area (Å²) >= 11 is 7.93. The van der Waals surface area contributed by atoms with E-state index in [2.05, 4.69) is 23.9 Å². The highest BCUT2D eigenvalue weighted by Crippen LogP contribution is 2.24. The maximum absolute atomic E-state index is 11.8. The molecular weight excluding hydrogens is 318 g/mol. The fourth-order valence-corrected chi connectivity index (χ4v) is 3.46. The number of thiophene rings is 1. The third-order valence-corrected chi connectivity index (χ3v) is 4.83. The highest BCUT2D eigenvalue weighted by atomic mass is 35.5. The summed E-state index contributed by atoms with van der Waals surface area (Å²) in [7, 11) is 2.12. The van der Waals surface area contributed by atoms with Crippen LogP contribution < -0.4 is 10.5 Å². The first-order chi connectivity index (χ1) is 10.5. The molecule has 3 aromatic rings. The van der Waals surface area contributed by atoms with Crippen LogP contribution in [0.2, 0.25) is 5.02 Å². The maximum Gasteiger partial charge on any atom is 0.336 e. The third kappa shape index (κ3) is 3.24. The van der Waals surface area contributed by atoms with E-state index >= 15 is 0 Å². The predicted molar refractivity (Wildman–Crippen MR) is 90.8 cm³/mol. The van der Waals surface area contributed by atoms with Crippen molar-refractivity contribution < 1.29 is 9.32 Å². The lowest BCUT2D eigenvalue weighted by atomic mass is 10.1. The molecule has 0 aliphatic heterocycles. The van der Waals surface area contributed by atoms with Crippen LogP contribution >= 0.6 is 22.9 Å². The molecule has 2 aromatic heterocycles. The van der Waals surface area contributed by atoms with E-state index in [9.17, 15) is 4.79 Å². The smallest absolute Gasteiger partial charge is 0.336 e. The van der Waals surface area contributed by atoms with E-state index in [1.54, 1.807) is 17.4 Å². The molecule has 2 heterocycles. The molecular formula is C17H17ClNO2S+. The predicted octanol–water partition coefficient (Wildman–Crippen LogP) is 3.03. The van der Waals surface area contributed by atoms with Crippen molar-refractivity contribution in [3.63, 3.8) is 0 Å². The molecule has 0 radical (unpaired) electrons. The standard InChI is InChI=1S/C17H16ClNO2S/c1-11-5-16-14(7-15(11)18)13(6-17(20)21-16)9-19(2)8-12-3-4-22-10-12/h3-7,10H,8-9H2,1-2H3/p+1. The van der Waals surface area contributed by atoms with Gasteiger partial charge in [-0.15, -0.1) is 0 Å². The Balaban J connectivity index is 1.95. The van der Waals surface area contributed by atoms with Crippen LogP contribution in [-0.2, 0) is 13.1 Å². The van der Waals surface area contributed by atoms with Gasteiger partial charge < -0.3 is 9.32 Å². The van der Waals surface area contributed by atoms with Crippen LogP contribution in [0.5, 0.6) is 0 Å². The van der Waals surface area contributed by atoms with Gasteiger partial charge in [0.15, 0.2) is 0 Å². The van der Waals surface area contributed by atoms with E-state index in [1.807, 2.05) is 19.1 Å². The van der Waals surface area contributed by atoms with Gasteiger partial charge >= 0.3 is 5.63 Å². The van der Waals surface area contributed by atoms with E-state index in [1.165, 1.54) is 10.5 Å². The molecule has 5 heteroatoms. The van der Waals surface area contributed by atoms with Gasteiger partial charge in [0.05, 0.1) is 7.05 Å². The number of fused-ring (bicyclic) bond motifs is 1. The SMILES string of the molecule is Cc1cc2oc(=O)cc(C[NH+](C)Cc3ccsc3)c2cc1Cl. The molecule has 3 rings (SSSR count). The first-order valence-electron chi connectivity index (χ1n) is 7.08. The molecule has 0 saturated carbocycles. The van der Waals surface area contributed by atoms with Crippen LogP contribution in [0.25, 0.3) is 11.0 Å². The lowest BCUT2D eigenvalue weighted by Gasteiger charge is -2.14. The minimum absolute atomic E-state index is 0.312. The topological polar surface area (TPSA) is 34.6 Å². The zero-order valence-electron chi connectivity index (χ0n) is 12.5. The Hall–Kier alpha value is -1.62. The first-order valence-corrected chi connectivity index (χ1v) is 8.40. The van der Waals surface area contributed by atoms with Gasteiger partial charge in [-0.25, -0.2) is 4.79 Å². The Morgan fingerprint density at radius 3 is 2.82 bits per heavy atom. The largest absolute Gasteiger partial charge is 0.423 e. The van der Waals surface area contributed by atoms with Gasteiger partial charge in [-0.3, -0.25) is 0 Å². The molecule has 1 N–H and O–H groups in total. The Morgan fingerprint density at radius 1 is 1.27 bits per heavy atom. The molecule has 0 fully saturated rings. The minimum atomic E-state index is -0.312. The molecule has 22 heavy (non-hydrogen) atoms. The summed E-state index contributed by atoms with van der Waals surface area (Å²) in [4.78, 5) is 13.1. The van der Waals surface area contributed by atoms with Crippen molar-refractivity contribution in [2.24, 2.45) is 0 Å². The molecule has 3 nitrogen and oxygen atoms in total. The van der Waals surface area contributed by atoms with E-state index in [0.717, 1.165) is 29.6 Å². The Morgan fingerprint density at radius 2 is 2.09 bits per heavy atom. The second-order valence-electron chi connectivity index (χ2n) is 5.63. The molecule has 0 bridgehead atoms. The average Bonchev–Trinajstić information content (AvgIpc) is 2.93. The van der Waals surface area contributed by atoms with Crippen LogP contribution in [0.4, 0.5) is 0 Å². The molecule has 0 aliphatic carbocycles. The summed E-state index contributed by atoms with van der Waals surface area (Å²) in [5.41, 5.74) is 3.48. The van der Waals surface area contributed by atoms with Crippen molar-refractivity contribution in [2.75, 3.05) is 7.05 Å². The molecule has 0 spiro atoms. The van der Waals surface area contributed by atoms with Gasteiger partial charge in [0.2, 0.25) is 0 Å². The molecule has 114 valence electrons. The summed E-state index contributed by atoms with van der Waals surface area (Å²) < 4.78 is 5.30. The summed E-state index contributed by atoms with van der Waals surface area (Å²) in [6, 6.07) is 7.43. The lowest BCUT2D eigenvalue weighted by molar-refractivity contribution is -0.907. The normalized spacial score (nSPS) is 12.7. The van der Waals surface area contributed by atoms with Crippen molar-refractivity contribution in [2.45, 2.75) is 20.0 Å². The number of nitrogens with one attached hydrogen (secondary N) is 1. The number of halogens is 1. The van der Waals surface area contributed by atoms with Gasteiger partial charge in [0.1, 0.15) is 18.7 Å². The number of hydrogen-bond acceptors (Lipinski definition) is 3. The van der Waals surface area contributed by atoms with E-state index in [-0.39, 0.29) is 5.63 Å². The van der Waals surface area contributed by atoms with Crippen molar-refractivity contribution in [3.8, 4) is 0 Å². The molecule has 1 aromatic carbocycles. The van der Waals surface area contributed by atoms with E-state index in [4.69, 9.17) is 16.0 Å². The van der Waals surface area contributed by atoms with Crippen LogP contribution in [0.3, 0.4) is 0 Å². The maximum atomic E-state index is 11.8. The number of hydrogen-bond donors (Lipinski definition) is 1. The average molecular weight is 335 g/mol. The van der Waals surface area contributed by atoms with E-state index in [0.29, 0.717) is 10.6 Å². The van der Waals surface area contributed by atoms with Gasteiger partial charge in [0, 0.05) is 27.6 Å². The first kappa shape index (κ1) is 15.3. The second-order valence-corrected chi connectivity index (χ2v) is 6.82. The van der Waals surface area contributed by atoms with Gasteiger partial charge in [0.25, 0.3) is 0 Å². The van der Waals surface area contributed by atoms with Crippen LogP contribution in [0.1, 0.15) is 16.7 Å². The van der Waals surface area contributed by atoms with Crippen LogP contribution in [-0.4, -0.2) is 7.05 Å². The molecule has 1 unspecified atom stereocenters. The number of rotatable bonds is 4. The molecule has 0 amide bonds. The molecule has 0 aliphatic rings. The number of quaternary nitrogens is 1. The highest BCUT2D eigenvalue weighted by Gasteiger charge is 2.13. The Bertz CT molecular complexity index is 855. The monoisotopic (exact) mass is 334 g/mol. The lowest BCUT2D eigenvalue weighted by Crippen LogP contribution is -3.06. The van der Waals surface area contributed by atoms with Crippen LogP contribution in [0, 0.1) is 6.92 Å². The third-order valence-electron chi connectivity index (χ3n) is 3.69. The summed E-state index contributed by atoms with van der Waals surface area (Å²) in [5, 5.41) is 5.84. The summed E-state index contributed by atoms with van der Waals surface area (Å²) in [6.45, 7) is 3.57. The van der Waals surface area contributed by atoms with E-state index < -0.39 is 0 Å². The zero-order valence-corrected chi connectivity index (χ0v) is 14.1. The zero-order chi connectivity index (χ0) is 15.7. The minimum Gasteiger partial charge on any atom is -0.423 e. The van der Waals surface area contributed by atoms with Crippen LogP contribution in [0.15, 0.2) is 44.2 Å². The van der Waals surface area contributed by atoms with Crippen molar-refractivity contribution >= 4 is 33.9 Å². The summed E-state index contributed by atoms with van der Waals surface area (Å²) in [5.74, 6) is 0. The Kier molecular flexibility index (Phi) is 4.34. The summed E-state index contributed by atoms with van der Waals surface area (Å²) in [6.07, 6.45) is 0. The van der Waals surface area contributed by atoms with Gasteiger partial charge in [-0.2, -0.15) is 11.3 Å². The number of benzene rings is 1. The molecule has 1 atom stereocenters. The Labute approximate surface area is 137 Å². The van der Waals surface area contributed by atoms with Crippen molar-refractivity contribution in [1.29, 1.82) is 0 Å². The fraction of sp³-hybridized carbons (Fsp3) is 0.235. The second kappa shape index (κ2) is 6.24.